The van der Waals surface area contributed by atoms with Gasteiger partial charge in [-0.3, -0.25) is 13.9 Å². The smallest absolute Gasteiger partial charge is 0.264 e. The molecule has 0 fully saturated rings. The lowest BCUT2D eigenvalue weighted by molar-refractivity contribution is -0.139. The van der Waals surface area contributed by atoms with Crippen LogP contribution < -0.4 is 14.4 Å². The highest BCUT2D eigenvalue weighted by Crippen LogP contribution is 2.33. The Bertz CT molecular complexity index is 1390. The van der Waals surface area contributed by atoms with Crippen molar-refractivity contribution in [2.24, 2.45) is 0 Å². The van der Waals surface area contributed by atoms with Gasteiger partial charge in [0.2, 0.25) is 11.8 Å². The number of ether oxygens (including phenoxy) is 1. The molecule has 3 aromatic carbocycles. The molecule has 3 rings (SSSR count). The normalized spacial score (nSPS) is 11.9. The van der Waals surface area contributed by atoms with Gasteiger partial charge in [0.25, 0.3) is 10.0 Å². The monoisotopic (exact) mass is 561 g/mol. The second kappa shape index (κ2) is 12.7. The number of nitrogens with one attached hydrogen (secondary N) is 1. The zero-order chi connectivity index (χ0) is 27.9. The van der Waals surface area contributed by atoms with Crippen LogP contribution in [0.2, 0.25) is 5.02 Å². The zero-order valence-corrected chi connectivity index (χ0v) is 22.8. The number of hydrogen-bond acceptors (Lipinski definition) is 5. The van der Waals surface area contributed by atoms with Crippen molar-refractivity contribution in [1.29, 1.82) is 0 Å². The van der Waals surface area contributed by atoms with E-state index in [1.165, 1.54) is 62.5 Å². The molecule has 38 heavy (non-hydrogen) atoms. The van der Waals surface area contributed by atoms with E-state index in [-0.39, 0.29) is 35.0 Å². The molecule has 0 spiro atoms. The molecule has 1 atom stereocenters. The first kappa shape index (κ1) is 28.9. The van der Waals surface area contributed by atoms with Gasteiger partial charge in [-0.25, -0.2) is 12.8 Å². The summed E-state index contributed by atoms with van der Waals surface area (Å²) in [6.07, 6.45) is 0. The third-order valence-electron chi connectivity index (χ3n) is 5.83. The van der Waals surface area contributed by atoms with Gasteiger partial charge in [-0.15, -0.1) is 0 Å². The Balaban J connectivity index is 2.10. The molecule has 0 aliphatic heterocycles. The third-order valence-corrected chi connectivity index (χ3v) is 7.85. The number of anilines is 1. The van der Waals surface area contributed by atoms with Crippen LogP contribution >= 0.6 is 11.6 Å². The van der Waals surface area contributed by atoms with Gasteiger partial charge in [-0.2, -0.15) is 0 Å². The Labute approximate surface area is 227 Å². The van der Waals surface area contributed by atoms with Crippen LogP contribution in [0.3, 0.4) is 0 Å². The van der Waals surface area contributed by atoms with Gasteiger partial charge in [0.15, 0.2) is 0 Å². The van der Waals surface area contributed by atoms with Crippen LogP contribution in [0.15, 0.2) is 77.7 Å². The summed E-state index contributed by atoms with van der Waals surface area (Å²) < 4.78 is 48.8. The molecule has 0 heterocycles. The highest BCUT2D eigenvalue weighted by atomic mass is 35.5. The Morgan fingerprint density at radius 2 is 1.66 bits per heavy atom. The van der Waals surface area contributed by atoms with Gasteiger partial charge in [-0.05, 0) is 56.3 Å². The molecule has 0 radical (unpaired) electrons. The van der Waals surface area contributed by atoms with Crippen molar-refractivity contribution in [2.45, 2.75) is 31.3 Å². The number of carbonyl (C=O) groups is 2. The number of rotatable bonds is 11. The number of benzene rings is 3. The molecular weight excluding hydrogens is 533 g/mol. The predicted octanol–water partition coefficient (Wildman–Crippen LogP) is 4.24. The second-order valence-electron chi connectivity index (χ2n) is 8.27. The fourth-order valence-corrected chi connectivity index (χ4v) is 5.34. The topological polar surface area (TPSA) is 96.0 Å². The second-order valence-corrected chi connectivity index (χ2v) is 10.6. The average molecular weight is 562 g/mol. The van der Waals surface area contributed by atoms with E-state index in [2.05, 4.69) is 5.32 Å². The largest absolute Gasteiger partial charge is 0.492 e. The summed E-state index contributed by atoms with van der Waals surface area (Å²) in [7, 11) is -2.88. The molecule has 8 nitrogen and oxygen atoms in total. The fourth-order valence-electron chi connectivity index (χ4n) is 3.79. The molecule has 0 saturated heterocycles. The lowest BCUT2D eigenvalue weighted by Gasteiger charge is -2.32. The summed E-state index contributed by atoms with van der Waals surface area (Å²) in [5.41, 5.74) is 0.314. The number of halogens is 2. The summed E-state index contributed by atoms with van der Waals surface area (Å²) in [4.78, 5) is 27.3. The number of sulfonamides is 1. The van der Waals surface area contributed by atoms with E-state index >= 15 is 0 Å². The van der Waals surface area contributed by atoms with Gasteiger partial charge < -0.3 is 15.0 Å². The summed E-state index contributed by atoms with van der Waals surface area (Å²) in [5, 5.41) is 2.83. The average Bonchev–Trinajstić information content (AvgIpc) is 2.91. The van der Waals surface area contributed by atoms with Crippen molar-refractivity contribution in [3.05, 3.63) is 89.2 Å². The molecule has 202 valence electrons. The first-order chi connectivity index (χ1) is 18.1. The summed E-state index contributed by atoms with van der Waals surface area (Å²) in [6.45, 7) is 2.57. The Hall–Kier alpha value is -3.63. The lowest BCUT2D eigenvalue weighted by Crippen LogP contribution is -2.50. The van der Waals surface area contributed by atoms with Gasteiger partial charge in [0.05, 0.1) is 17.2 Å². The number of nitrogens with zero attached hydrogens (tertiary/aromatic N) is 2. The number of hydrogen-bond donors (Lipinski definition) is 1. The van der Waals surface area contributed by atoms with Gasteiger partial charge in [-0.1, -0.05) is 41.9 Å². The Kier molecular flexibility index (Phi) is 9.71. The van der Waals surface area contributed by atoms with E-state index in [0.717, 1.165) is 9.21 Å². The van der Waals surface area contributed by atoms with Crippen LogP contribution in [0.5, 0.6) is 5.75 Å². The third kappa shape index (κ3) is 6.62. The minimum absolute atomic E-state index is 0.0963. The van der Waals surface area contributed by atoms with Crippen LogP contribution in [0.4, 0.5) is 10.1 Å². The van der Waals surface area contributed by atoms with Crippen LogP contribution in [0.25, 0.3) is 0 Å². The van der Waals surface area contributed by atoms with E-state index in [1.54, 1.807) is 31.2 Å². The zero-order valence-electron chi connectivity index (χ0n) is 21.2. The molecule has 1 N–H and O–H groups in total. The lowest BCUT2D eigenvalue weighted by atomic mass is 10.1. The SMILES string of the molecule is CCOc1ccccc1N(CC(=O)N(Cc1ccccc1F)C(C)C(=O)NC)S(=O)(=O)c1ccc(Cl)cc1. The van der Waals surface area contributed by atoms with Gasteiger partial charge in [0.1, 0.15) is 24.2 Å². The van der Waals surface area contributed by atoms with Crippen LogP contribution in [-0.4, -0.2) is 51.4 Å². The predicted molar refractivity (Wildman–Crippen MR) is 144 cm³/mol. The Morgan fingerprint density at radius 3 is 2.29 bits per heavy atom. The highest BCUT2D eigenvalue weighted by Gasteiger charge is 2.33. The van der Waals surface area contributed by atoms with E-state index in [9.17, 15) is 22.4 Å². The quantitative estimate of drug-likeness (QED) is 0.378. The molecule has 11 heteroatoms. The molecule has 0 bridgehead atoms. The molecule has 0 aliphatic carbocycles. The molecule has 2 amide bonds. The molecule has 1 unspecified atom stereocenters. The number of carbonyl (C=O) groups excluding carboxylic acids is 2. The molecule has 3 aromatic rings. The number of amides is 2. The van der Waals surface area contributed by atoms with Crippen molar-refractivity contribution in [1.82, 2.24) is 10.2 Å². The first-order valence-electron chi connectivity index (χ1n) is 11.8. The van der Waals surface area contributed by atoms with Crippen molar-refractivity contribution in [2.75, 3.05) is 24.5 Å². The summed E-state index contributed by atoms with van der Waals surface area (Å²) in [6, 6.07) is 16.8. The number of likely N-dealkylation sites (N-methyl/N-ethyl adjacent to an activating group) is 1. The molecule has 0 saturated carbocycles. The maximum Gasteiger partial charge on any atom is 0.264 e. The van der Waals surface area contributed by atoms with Crippen molar-refractivity contribution < 1.29 is 27.1 Å². The first-order valence-corrected chi connectivity index (χ1v) is 13.7. The fraction of sp³-hybridized carbons (Fsp3) is 0.259. The molecule has 0 aliphatic rings. The molecule has 0 aromatic heterocycles. The standard InChI is InChI=1S/C27H29ClFN3O5S/c1-4-37-25-12-8-7-11-24(25)32(38(35,36)22-15-13-21(28)14-16-22)18-26(33)31(19(2)27(34)30-3)17-20-9-5-6-10-23(20)29/h5-16,19H,4,17-18H2,1-3H3,(H,30,34). The van der Waals surface area contributed by atoms with Crippen LogP contribution in [0.1, 0.15) is 19.4 Å². The van der Waals surface area contributed by atoms with Gasteiger partial charge >= 0.3 is 0 Å². The van der Waals surface area contributed by atoms with E-state index in [4.69, 9.17) is 16.3 Å². The van der Waals surface area contributed by atoms with Crippen LogP contribution in [0, 0.1) is 5.82 Å². The van der Waals surface area contributed by atoms with Crippen molar-refractivity contribution in [3.8, 4) is 5.75 Å². The van der Waals surface area contributed by atoms with Crippen molar-refractivity contribution in [3.63, 3.8) is 0 Å². The minimum atomic E-state index is -4.30. The van der Waals surface area contributed by atoms with E-state index in [0.29, 0.717) is 5.02 Å². The summed E-state index contributed by atoms with van der Waals surface area (Å²) >= 11 is 5.96. The summed E-state index contributed by atoms with van der Waals surface area (Å²) in [5.74, 6) is -1.51. The van der Waals surface area contributed by atoms with Crippen molar-refractivity contribution >= 4 is 39.1 Å². The Morgan fingerprint density at radius 1 is 1.03 bits per heavy atom. The number of para-hydroxylation sites is 2. The van der Waals surface area contributed by atoms with E-state index in [1.807, 2.05) is 0 Å². The minimum Gasteiger partial charge on any atom is -0.492 e. The van der Waals surface area contributed by atoms with Gasteiger partial charge in [0, 0.05) is 24.2 Å². The van der Waals surface area contributed by atoms with Crippen LogP contribution in [-0.2, 0) is 26.2 Å². The highest BCUT2D eigenvalue weighted by molar-refractivity contribution is 7.92. The van der Waals surface area contributed by atoms with E-state index < -0.39 is 40.2 Å². The molecular formula is C27H29ClFN3O5S. The maximum atomic E-state index is 14.5. The maximum absolute atomic E-state index is 14.5.